The third-order valence-electron chi connectivity index (χ3n) is 5.67. The quantitative estimate of drug-likeness (QED) is 0.487. The van der Waals surface area contributed by atoms with Gasteiger partial charge >= 0.3 is 5.97 Å². The average Bonchev–Trinajstić information content (AvgIpc) is 3.03. The van der Waals surface area contributed by atoms with E-state index in [2.05, 4.69) is 5.32 Å². The summed E-state index contributed by atoms with van der Waals surface area (Å²) in [7, 11) is 0. The van der Waals surface area contributed by atoms with Crippen molar-refractivity contribution in [3.8, 4) is 0 Å². The number of carbonyl (C=O) groups is 1. The molecule has 1 saturated heterocycles. The molecule has 7 heteroatoms. The number of carboxylic acids is 1. The zero-order valence-corrected chi connectivity index (χ0v) is 18.0. The third kappa shape index (κ3) is 3.70. The molecule has 1 aliphatic rings. The Balaban J connectivity index is 1.96. The van der Waals surface area contributed by atoms with Crippen LogP contribution in [0.3, 0.4) is 0 Å². The largest absolute Gasteiger partial charge is 0.480 e. The molecule has 4 rings (SSSR count). The van der Waals surface area contributed by atoms with E-state index in [1.807, 2.05) is 30.3 Å². The fourth-order valence-corrected chi connectivity index (χ4v) is 4.92. The van der Waals surface area contributed by atoms with E-state index < -0.39 is 29.5 Å². The van der Waals surface area contributed by atoms with Gasteiger partial charge in [0.2, 0.25) is 0 Å². The van der Waals surface area contributed by atoms with Crippen molar-refractivity contribution < 1.29 is 9.90 Å². The van der Waals surface area contributed by atoms with Crippen molar-refractivity contribution in [2.45, 2.75) is 23.5 Å². The van der Waals surface area contributed by atoms with Gasteiger partial charge in [0.05, 0.1) is 11.6 Å². The van der Waals surface area contributed by atoms with E-state index in [1.165, 1.54) is 0 Å². The second-order valence-corrected chi connectivity index (χ2v) is 8.75. The first-order valence-electron chi connectivity index (χ1n) is 9.35. The molecule has 0 bridgehead atoms. The fraction of sp³-hybridized carbons (Fsp3) is 0.174. The van der Waals surface area contributed by atoms with Gasteiger partial charge in [0.15, 0.2) is 0 Å². The van der Waals surface area contributed by atoms with Gasteiger partial charge in [-0.15, -0.1) is 0 Å². The number of aliphatic carboxylic acids is 1. The Hall–Kier alpha value is -2.08. The summed E-state index contributed by atoms with van der Waals surface area (Å²) in [4.78, 5) is 12.3. The summed E-state index contributed by atoms with van der Waals surface area (Å²) in [6.07, 6.45) is 0. The van der Waals surface area contributed by atoms with E-state index in [0.717, 1.165) is 16.7 Å². The van der Waals surface area contributed by atoms with Crippen molar-refractivity contribution in [3.05, 3.63) is 105 Å². The van der Waals surface area contributed by atoms with Crippen LogP contribution in [-0.2, 0) is 10.3 Å². The Kier molecular flexibility index (Phi) is 5.80. The van der Waals surface area contributed by atoms with Crippen molar-refractivity contribution in [2.75, 3.05) is 0 Å². The first kappa shape index (κ1) is 21.2. The maximum absolute atomic E-state index is 12.3. The molecule has 4 N–H and O–H groups in total. The van der Waals surface area contributed by atoms with E-state index in [-0.39, 0.29) is 0 Å². The van der Waals surface area contributed by atoms with E-state index in [9.17, 15) is 9.90 Å². The van der Waals surface area contributed by atoms with Gasteiger partial charge in [-0.1, -0.05) is 71.2 Å². The van der Waals surface area contributed by atoms with E-state index in [4.69, 9.17) is 40.5 Å². The molecule has 0 saturated carbocycles. The lowest BCUT2D eigenvalue weighted by Crippen LogP contribution is -2.46. The molecule has 0 aromatic heterocycles. The Morgan fingerprint density at radius 2 is 1.43 bits per heavy atom. The summed E-state index contributed by atoms with van der Waals surface area (Å²) >= 11 is 18.6. The van der Waals surface area contributed by atoms with Gasteiger partial charge in [-0.3, -0.25) is 10.1 Å². The lowest BCUT2D eigenvalue weighted by atomic mass is 9.70. The Morgan fingerprint density at radius 1 is 0.867 bits per heavy atom. The van der Waals surface area contributed by atoms with Gasteiger partial charge < -0.3 is 10.8 Å². The van der Waals surface area contributed by atoms with Crippen molar-refractivity contribution >= 4 is 40.8 Å². The molecule has 30 heavy (non-hydrogen) atoms. The number of carboxylic acid groups (broad SMARTS) is 1. The first-order valence-corrected chi connectivity index (χ1v) is 10.5. The van der Waals surface area contributed by atoms with Crippen LogP contribution >= 0.6 is 34.8 Å². The summed E-state index contributed by atoms with van der Waals surface area (Å²) in [5.74, 6) is -1.59. The highest BCUT2D eigenvalue weighted by Gasteiger charge is 2.57. The minimum absolute atomic E-state index is 0.512. The molecule has 4 atom stereocenters. The first-order chi connectivity index (χ1) is 14.3. The predicted molar refractivity (Wildman–Crippen MR) is 120 cm³/mol. The zero-order valence-electron chi connectivity index (χ0n) is 15.7. The molecular weight excluding hydrogens is 443 g/mol. The minimum atomic E-state index is -1.11. The Labute approximate surface area is 189 Å². The summed E-state index contributed by atoms with van der Waals surface area (Å²) in [5.41, 5.74) is 8.35. The van der Waals surface area contributed by atoms with Crippen LogP contribution in [0.2, 0.25) is 15.1 Å². The molecule has 3 aromatic rings. The van der Waals surface area contributed by atoms with E-state index >= 15 is 0 Å². The van der Waals surface area contributed by atoms with E-state index in [0.29, 0.717) is 15.1 Å². The molecular formula is C23H19Cl3N2O2. The number of rotatable bonds is 4. The normalized spacial score (nSPS) is 25.9. The molecule has 1 aliphatic heterocycles. The van der Waals surface area contributed by atoms with Gasteiger partial charge in [-0.05, 0) is 53.1 Å². The van der Waals surface area contributed by atoms with Crippen LogP contribution in [0.25, 0.3) is 0 Å². The van der Waals surface area contributed by atoms with Crippen LogP contribution in [0.15, 0.2) is 72.8 Å². The van der Waals surface area contributed by atoms with Crippen molar-refractivity contribution in [3.63, 3.8) is 0 Å². The molecule has 1 fully saturated rings. The topological polar surface area (TPSA) is 75.3 Å². The standard InChI is InChI=1S/C23H19Cl3N2O2/c24-16-9-7-15(8-10-16)23(27)19(13-3-1-5-17(25)11-13)20(22(29)30)28-21(23)14-4-2-6-18(26)12-14/h1-12,19-21,28H,27H2,(H,29,30). The number of hydrogen-bond acceptors (Lipinski definition) is 3. The van der Waals surface area contributed by atoms with Crippen molar-refractivity contribution in [1.82, 2.24) is 5.32 Å². The number of benzene rings is 3. The van der Waals surface area contributed by atoms with Gasteiger partial charge in [-0.25, -0.2) is 0 Å². The molecule has 1 heterocycles. The maximum Gasteiger partial charge on any atom is 0.321 e. The van der Waals surface area contributed by atoms with Crippen LogP contribution in [0.1, 0.15) is 28.7 Å². The van der Waals surface area contributed by atoms with Gasteiger partial charge in [0, 0.05) is 21.0 Å². The molecule has 0 amide bonds. The highest BCUT2D eigenvalue weighted by molar-refractivity contribution is 6.31. The average molecular weight is 462 g/mol. The van der Waals surface area contributed by atoms with Gasteiger partial charge in [0.25, 0.3) is 0 Å². The molecule has 4 nitrogen and oxygen atoms in total. The van der Waals surface area contributed by atoms with Crippen LogP contribution < -0.4 is 11.1 Å². The summed E-state index contributed by atoms with van der Waals surface area (Å²) in [6.45, 7) is 0. The predicted octanol–water partition coefficient (Wildman–Crippen LogP) is 5.38. The lowest BCUT2D eigenvalue weighted by molar-refractivity contribution is -0.139. The smallest absolute Gasteiger partial charge is 0.321 e. The van der Waals surface area contributed by atoms with Crippen molar-refractivity contribution in [2.24, 2.45) is 5.73 Å². The van der Waals surface area contributed by atoms with Crippen LogP contribution in [0.4, 0.5) is 0 Å². The summed E-state index contributed by atoms with van der Waals surface area (Å²) in [5, 5.41) is 14.9. The van der Waals surface area contributed by atoms with E-state index in [1.54, 1.807) is 42.5 Å². The monoisotopic (exact) mass is 460 g/mol. The second kappa shape index (κ2) is 8.22. The molecule has 154 valence electrons. The van der Waals surface area contributed by atoms with Crippen molar-refractivity contribution in [1.29, 1.82) is 0 Å². The number of hydrogen-bond donors (Lipinski definition) is 3. The molecule has 0 radical (unpaired) electrons. The highest BCUT2D eigenvalue weighted by atomic mass is 35.5. The summed E-state index contributed by atoms with van der Waals surface area (Å²) in [6, 6.07) is 20.2. The molecule has 0 aliphatic carbocycles. The lowest BCUT2D eigenvalue weighted by Gasteiger charge is -2.37. The number of nitrogens with two attached hydrogens (primary N) is 1. The maximum atomic E-state index is 12.3. The van der Waals surface area contributed by atoms with Crippen LogP contribution in [0, 0.1) is 0 Å². The van der Waals surface area contributed by atoms with Gasteiger partial charge in [-0.2, -0.15) is 0 Å². The fourth-order valence-electron chi connectivity index (χ4n) is 4.39. The van der Waals surface area contributed by atoms with Crippen LogP contribution in [0.5, 0.6) is 0 Å². The molecule has 3 aromatic carbocycles. The molecule has 0 spiro atoms. The third-order valence-corrected chi connectivity index (χ3v) is 6.39. The Morgan fingerprint density at radius 3 is 2.00 bits per heavy atom. The number of nitrogens with one attached hydrogen (secondary N) is 1. The zero-order chi connectivity index (χ0) is 21.5. The second-order valence-electron chi connectivity index (χ2n) is 7.44. The van der Waals surface area contributed by atoms with Gasteiger partial charge in [0.1, 0.15) is 6.04 Å². The van der Waals surface area contributed by atoms with Crippen LogP contribution in [-0.4, -0.2) is 17.1 Å². The minimum Gasteiger partial charge on any atom is -0.480 e. The number of halogens is 3. The SMILES string of the molecule is NC1(c2ccc(Cl)cc2)C(c2cccc(Cl)c2)NC(C(=O)O)C1c1cccc(Cl)c1. The summed E-state index contributed by atoms with van der Waals surface area (Å²) < 4.78 is 0. The Bertz CT molecular complexity index is 1090. The molecule has 4 unspecified atom stereocenters. The highest BCUT2D eigenvalue weighted by Crippen LogP contribution is 2.51.